The molecule has 3 rings (SSSR count). The number of carbonyl (C=O) groups is 1. The predicted molar refractivity (Wildman–Crippen MR) is 83.3 cm³/mol. The highest BCUT2D eigenvalue weighted by Gasteiger charge is 2.25. The van der Waals surface area contributed by atoms with E-state index in [4.69, 9.17) is 9.26 Å². The maximum atomic E-state index is 12.4. The van der Waals surface area contributed by atoms with Crippen molar-refractivity contribution in [3.05, 3.63) is 66.2 Å². The Kier molecular flexibility index (Phi) is 4.01. The molecular formula is C18H15NO3. The first-order valence-corrected chi connectivity index (χ1v) is 7.09. The van der Waals surface area contributed by atoms with Crippen LogP contribution in [0.4, 0.5) is 0 Å². The highest BCUT2D eigenvalue weighted by atomic mass is 16.5. The Bertz CT molecular complexity index is 707. The van der Waals surface area contributed by atoms with Crippen LogP contribution in [-0.2, 0) is 4.74 Å². The maximum absolute atomic E-state index is 12.4. The van der Waals surface area contributed by atoms with Gasteiger partial charge < -0.3 is 9.26 Å². The zero-order valence-corrected chi connectivity index (χ0v) is 12.2. The molecule has 110 valence electrons. The number of ether oxygens (including phenoxy) is 1. The molecule has 4 heteroatoms. The highest BCUT2D eigenvalue weighted by Crippen LogP contribution is 2.32. The Labute approximate surface area is 128 Å². The van der Waals surface area contributed by atoms with Gasteiger partial charge in [-0.15, -0.1) is 0 Å². The van der Waals surface area contributed by atoms with Gasteiger partial charge in [-0.2, -0.15) is 0 Å². The van der Waals surface area contributed by atoms with Gasteiger partial charge in [-0.3, -0.25) is 0 Å². The molecule has 0 radical (unpaired) electrons. The molecule has 22 heavy (non-hydrogen) atoms. The molecule has 1 heterocycles. The lowest BCUT2D eigenvalue weighted by atomic mass is 10.0. The second kappa shape index (κ2) is 6.26. The third-order valence-electron chi connectivity index (χ3n) is 3.25. The van der Waals surface area contributed by atoms with E-state index < -0.39 is 5.97 Å². The Balaban J connectivity index is 2.16. The molecule has 0 bridgehead atoms. The van der Waals surface area contributed by atoms with Crippen molar-refractivity contribution in [2.24, 2.45) is 0 Å². The van der Waals surface area contributed by atoms with Gasteiger partial charge in [-0.1, -0.05) is 65.8 Å². The number of esters is 1. The number of carbonyl (C=O) groups excluding carboxylic acids is 1. The van der Waals surface area contributed by atoms with Crippen molar-refractivity contribution in [1.29, 1.82) is 0 Å². The van der Waals surface area contributed by atoms with Crippen molar-refractivity contribution in [3.8, 4) is 22.6 Å². The fourth-order valence-electron chi connectivity index (χ4n) is 2.26. The first-order chi connectivity index (χ1) is 10.8. The van der Waals surface area contributed by atoms with E-state index in [-0.39, 0.29) is 0 Å². The lowest BCUT2D eigenvalue weighted by Gasteiger charge is -2.04. The zero-order chi connectivity index (χ0) is 15.4. The van der Waals surface area contributed by atoms with Crippen LogP contribution < -0.4 is 0 Å². The number of hydrogen-bond acceptors (Lipinski definition) is 4. The van der Waals surface area contributed by atoms with Crippen LogP contribution in [0.15, 0.2) is 65.2 Å². The number of rotatable bonds is 4. The molecule has 0 atom stereocenters. The first kappa shape index (κ1) is 14.1. The van der Waals surface area contributed by atoms with Crippen molar-refractivity contribution >= 4 is 5.97 Å². The smallest absolute Gasteiger partial charge is 0.344 e. The van der Waals surface area contributed by atoms with E-state index in [9.17, 15) is 4.79 Å². The summed E-state index contributed by atoms with van der Waals surface area (Å²) in [5.74, 6) is -0.000593. The Morgan fingerprint density at radius 1 is 1.00 bits per heavy atom. The van der Waals surface area contributed by atoms with Gasteiger partial charge in [0.15, 0.2) is 5.76 Å². The summed E-state index contributed by atoms with van der Waals surface area (Å²) >= 11 is 0. The second-order valence-corrected chi connectivity index (χ2v) is 4.69. The van der Waals surface area contributed by atoms with Crippen molar-refractivity contribution in [2.45, 2.75) is 6.92 Å². The predicted octanol–water partition coefficient (Wildman–Crippen LogP) is 4.19. The fraction of sp³-hybridized carbons (Fsp3) is 0.111. The van der Waals surface area contributed by atoms with Gasteiger partial charge in [-0.25, -0.2) is 4.79 Å². The molecule has 0 saturated heterocycles. The summed E-state index contributed by atoms with van der Waals surface area (Å²) in [6.07, 6.45) is 0. The van der Waals surface area contributed by atoms with E-state index in [2.05, 4.69) is 5.16 Å². The summed E-state index contributed by atoms with van der Waals surface area (Å²) in [5.41, 5.74) is 2.47. The molecule has 3 aromatic rings. The fourth-order valence-corrected chi connectivity index (χ4v) is 2.26. The molecule has 0 spiro atoms. The molecule has 2 aromatic carbocycles. The van der Waals surface area contributed by atoms with Crippen LogP contribution in [0.5, 0.6) is 0 Å². The van der Waals surface area contributed by atoms with Crippen molar-refractivity contribution in [1.82, 2.24) is 5.16 Å². The molecule has 4 nitrogen and oxygen atoms in total. The van der Waals surface area contributed by atoms with Gasteiger partial charge in [0.2, 0.25) is 0 Å². The van der Waals surface area contributed by atoms with Gasteiger partial charge in [-0.05, 0) is 6.92 Å². The summed E-state index contributed by atoms with van der Waals surface area (Å²) in [6, 6.07) is 18.9. The lowest BCUT2D eigenvalue weighted by molar-refractivity contribution is 0.0527. The van der Waals surface area contributed by atoms with E-state index in [1.807, 2.05) is 60.7 Å². The Hall–Kier alpha value is -2.88. The third kappa shape index (κ3) is 2.63. The normalized spacial score (nSPS) is 10.4. The second-order valence-electron chi connectivity index (χ2n) is 4.69. The van der Waals surface area contributed by atoms with Crippen LogP contribution in [0, 0.1) is 0 Å². The molecular weight excluding hydrogens is 278 g/mol. The number of benzene rings is 2. The number of aromatic nitrogens is 1. The molecule has 0 aliphatic heterocycles. The Morgan fingerprint density at radius 2 is 1.59 bits per heavy atom. The summed E-state index contributed by atoms with van der Waals surface area (Å²) in [5, 5.41) is 4.09. The summed E-state index contributed by atoms with van der Waals surface area (Å²) in [6.45, 7) is 2.07. The topological polar surface area (TPSA) is 52.3 Å². The monoisotopic (exact) mass is 293 g/mol. The standard InChI is InChI=1S/C18H15NO3/c1-2-21-18(20)15-16(13-9-5-3-6-10-13)19-22-17(15)14-11-7-4-8-12-14/h3-12H,2H2,1H3. The zero-order valence-electron chi connectivity index (χ0n) is 12.2. The third-order valence-corrected chi connectivity index (χ3v) is 3.25. The van der Waals surface area contributed by atoms with Crippen molar-refractivity contribution in [3.63, 3.8) is 0 Å². The minimum atomic E-state index is -0.429. The SMILES string of the molecule is CCOC(=O)c1c(-c2ccccc2)noc1-c1ccccc1. The van der Waals surface area contributed by atoms with Crippen LogP contribution in [0.25, 0.3) is 22.6 Å². The molecule has 0 N–H and O–H groups in total. The molecule has 1 aromatic heterocycles. The van der Waals surface area contributed by atoms with Crippen LogP contribution in [0.3, 0.4) is 0 Å². The van der Waals surface area contributed by atoms with Crippen molar-refractivity contribution in [2.75, 3.05) is 6.61 Å². The maximum Gasteiger partial charge on any atom is 0.344 e. The summed E-state index contributed by atoms with van der Waals surface area (Å²) < 4.78 is 10.6. The van der Waals surface area contributed by atoms with E-state index in [0.29, 0.717) is 23.6 Å². The quantitative estimate of drug-likeness (QED) is 0.677. The van der Waals surface area contributed by atoms with E-state index in [1.165, 1.54) is 0 Å². The van der Waals surface area contributed by atoms with Crippen molar-refractivity contribution < 1.29 is 14.1 Å². The van der Waals surface area contributed by atoms with Crippen LogP contribution in [-0.4, -0.2) is 17.7 Å². The average molecular weight is 293 g/mol. The van der Waals surface area contributed by atoms with E-state index in [1.54, 1.807) is 6.92 Å². The minimum Gasteiger partial charge on any atom is -0.462 e. The molecule has 0 aliphatic carbocycles. The average Bonchev–Trinajstić information content (AvgIpc) is 3.02. The van der Waals surface area contributed by atoms with E-state index in [0.717, 1.165) is 11.1 Å². The summed E-state index contributed by atoms with van der Waals surface area (Å²) in [4.78, 5) is 12.4. The summed E-state index contributed by atoms with van der Waals surface area (Å²) in [7, 11) is 0. The minimum absolute atomic E-state index is 0.298. The first-order valence-electron chi connectivity index (χ1n) is 7.09. The molecule has 0 unspecified atom stereocenters. The van der Waals surface area contributed by atoms with Crippen LogP contribution in [0.2, 0.25) is 0 Å². The van der Waals surface area contributed by atoms with Gasteiger partial charge in [0.1, 0.15) is 11.3 Å². The number of nitrogens with zero attached hydrogens (tertiary/aromatic N) is 1. The molecule has 0 fully saturated rings. The molecule has 0 saturated carbocycles. The number of hydrogen-bond donors (Lipinski definition) is 0. The van der Waals surface area contributed by atoms with Gasteiger partial charge >= 0.3 is 5.97 Å². The van der Waals surface area contributed by atoms with Gasteiger partial charge in [0.25, 0.3) is 0 Å². The van der Waals surface area contributed by atoms with Crippen LogP contribution in [0.1, 0.15) is 17.3 Å². The molecule has 0 aliphatic rings. The van der Waals surface area contributed by atoms with Gasteiger partial charge in [0, 0.05) is 11.1 Å². The van der Waals surface area contributed by atoms with Crippen LogP contribution >= 0.6 is 0 Å². The largest absolute Gasteiger partial charge is 0.462 e. The van der Waals surface area contributed by atoms with E-state index >= 15 is 0 Å². The highest BCUT2D eigenvalue weighted by molar-refractivity contribution is 6.01. The lowest BCUT2D eigenvalue weighted by Crippen LogP contribution is -2.06. The molecule has 0 amide bonds. The van der Waals surface area contributed by atoms with Gasteiger partial charge in [0.05, 0.1) is 6.61 Å². The Morgan fingerprint density at radius 3 is 2.18 bits per heavy atom.